The van der Waals surface area contributed by atoms with Gasteiger partial charge in [0.25, 0.3) is 0 Å². The first kappa shape index (κ1) is 34.0. The molecule has 0 unspecified atom stereocenters. The van der Waals surface area contributed by atoms with E-state index in [1.165, 1.54) is 44.4 Å². The maximum Gasteiger partial charge on any atom is 0.0991 e. The maximum atomic E-state index is 9.91. The van der Waals surface area contributed by atoms with Crippen molar-refractivity contribution in [1.29, 1.82) is 5.26 Å². The lowest BCUT2D eigenvalue weighted by Crippen LogP contribution is -2.04. The second-order valence-corrected chi connectivity index (χ2v) is 14.6. The van der Waals surface area contributed by atoms with Gasteiger partial charge in [0.05, 0.1) is 28.5 Å². The van der Waals surface area contributed by atoms with Crippen LogP contribution < -0.4 is 0 Å². The predicted molar refractivity (Wildman–Crippen MR) is 236 cm³/mol. The Morgan fingerprint density at radius 2 is 1.00 bits per heavy atom. The lowest BCUT2D eigenvalue weighted by molar-refractivity contribution is 0.889. The van der Waals surface area contributed by atoms with Crippen molar-refractivity contribution in [2.75, 3.05) is 0 Å². The first-order valence-corrected chi connectivity index (χ1v) is 19.5. The Morgan fingerprint density at radius 1 is 0.456 bits per heavy atom. The van der Waals surface area contributed by atoms with E-state index < -0.39 is 0 Å². The van der Waals surface area contributed by atoms with Crippen LogP contribution in [0.4, 0.5) is 0 Å². The highest BCUT2D eigenvalue weighted by molar-refractivity contribution is 5.96. The van der Waals surface area contributed by atoms with Crippen molar-refractivity contribution in [3.8, 4) is 78.8 Å². The number of benzene rings is 7. The molecule has 2 aromatic heterocycles. The van der Waals surface area contributed by atoms with Crippen LogP contribution in [0.1, 0.15) is 23.2 Å². The molecule has 268 valence electrons. The molecule has 0 saturated heterocycles. The number of aromatic nitrogens is 2. The number of nitriles is 1. The number of nitrogens with zero attached hydrogens (tertiary/aromatic N) is 3. The smallest absolute Gasteiger partial charge is 0.0991 e. The molecule has 3 heteroatoms. The first-order chi connectivity index (χ1) is 28.2. The average molecular weight is 728 g/mol. The number of rotatable bonds is 7. The Kier molecular flexibility index (Phi) is 8.71. The van der Waals surface area contributed by atoms with Crippen LogP contribution >= 0.6 is 0 Å². The Labute approximate surface area is 333 Å². The average Bonchev–Trinajstić information content (AvgIpc) is 3.63. The number of allylic oxidation sites excluding steroid dienone is 1. The van der Waals surface area contributed by atoms with Gasteiger partial charge in [-0.25, -0.2) is 4.98 Å². The van der Waals surface area contributed by atoms with E-state index in [1.807, 2.05) is 24.3 Å². The van der Waals surface area contributed by atoms with Crippen molar-refractivity contribution in [3.05, 3.63) is 211 Å². The van der Waals surface area contributed by atoms with Crippen LogP contribution in [0.3, 0.4) is 0 Å². The highest BCUT2D eigenvalue weighted by Gasteiger charge is 2.21. The second-order valence-electron chi connectivity index (χ2n) is 14.6. The number of hydrogen-bond donors (Lipinski definition) is 0. The largest absolute Gasteiger partial charge is 0.313 e. The minimum Gasteiger partial charge on any atom is -0.313 e. The summed E-state index contributed by atoms with van der Waals surface area (Å²) in [6, 6.07) is 68.7. The lowest BCUT2D eigenvalue weighted by Gasteiger charge is -2.17. The van der Waals surface area contributed by atoms with Gasteiger partial charge in [-0.15, -0.1) is 0 Å². The topological polar surface area (TPSA) is 41.6 Å². The summed E-state index contributed by atoms with van der Waals surface area (Å²) in [6.07, 6.45) is 6.50. The molecule has 0 N–H and O–H groups in total. The fourth-order valence-corrected chi connectivity index (χ4v) is 8.26. The van der Waals surface area contributed by atoms with E-state index >= 15 is 0 Å². The molecule has 0 fully saturated rings. The number of fused-ring (bicyclic) bond motifs is 3. The molecule has 0 radical (unpaired) electrons. The van der Waals surface area contributed by atoms with Gasteiger partial charge in [0.2, 0.25) is 0 Å². The van der Waals surface area contributed by atoms with E-state index in [9.17, 15) is 5.26 Å². The molecule has 0 atom stereocenters. The molecule has 2 heterocycles. The Morgan fingerprint density at radius 3 is 1.72 bits per heavy atom. The fraction of sp³-hybridized carbons (Fsp3) is 0.0370. The molecule has 7 aromatic carbocycles. The normalized spacial score (nSPS) is 12.0. The third-order valence-electron chi connectivity index (χ3n) is 11.0. The third kappa shape index (κ3) is 6.54. The molecule has 57 heavy (non-hydrogen) atoms. The minimum absolute atomic E-state index is 0.631. The minimum atomic E-state index is 0.631. The maximum absolute atomic E-state index is 9.91. The van der Waals surface area contributed by atoms with E-state index in [2.05, 4.69) is 187 Å². The van der Waals surface area contributed by atoms with E-state index in [-0.39, 0.29) is 0 Å². The molecule has 1 aliphatic rings. The van der Waals surface area contributed by atoms with E-state index in [1.54, 1.807) is 0 Å². The molecular weight excluding hydrogens is 691 g/mol. The highest BCUT2D eigenvalue weighted by Crippen LogP contribution is 2.40. The summed E-state index contributed by atoms with van der Waals surface area (Å²) in [4.78, 5) is 5.35. The predicted octanol–water partition coefficient (Wildman–Crippen LogP) is 13.9. The molecule has 1 aliphatic carbocycles. The van der Waals surface area contributed by atoms with Gasteiger partial charge in [-0.2, -0.15) is 5.26 Å². The monoisotopic (exact) mass is 727 g/mol. The molecular formula is C54H37N3. The first-order valence-electron chi connectivity index (χ1n) is 19.5. The third-order valence-corrected chi connectivity index (χ3v) is 11.0. The van der Waals surface area contributed by atoms with Crippen molar-refractivity contribution < 1.29 is 0 Å². The second kappa shape index (κ2) is 14.6. The zero-order valence-corrected chi connectivity index (χ0v) is 31.3. The Bertz CT molecular complexity index is 2950. The van der Waals surface area contributed by atoms with Crippen LogP contribution in [0.15, 0.2) is 194 Å². The Hall–Kier alpha value is -7.54. The molecule has 3 nitrogen and oxygen atoms in total. The van der Waals surface area contributed by atoms with Crippen LogP contribution in [-0.2, 0) is 6.42 Å². The van der Waals surface area contributed by atoms with Crippen LogP contribution in [-0.4, -0.2) is 9.55 Å². The molecule has 0 bridgehead atoms. The van der Waals surface area contributed by atoms with Crippen molar-refractivity contribution >= 4 is 17.0 Å². The number of pyridine rings is 1. The van der Waals surface area contributed by atoms with E-state index in [4.69, 9.17) is 4.98 Å². The zero-order valence-electron chi connectivity index (χ0n) is 31.3. The zero-order chi connectivity index (χ0) is 38.1. The molecule has 0 saturated carbocycles. The summed E-state index contributed by atoms with van der Waals surface area (Å²) in [5.41, 5.74) is 18.3. The van der Waals surface area contributed by atoms with Crippen molar-refractivity contribution in [2.24, 2.45) is 0 Å². The molecule has 10 rings (SSSR count). The molecule has 0 spiro atoms. The summed E-state index contributed by atoms with van der Waals surface area (Å²) in [7, 11) is 0. The van der Waals surface area contributed by atoms with Crippen molar-refractivity contribution in [1.82, 2.24) is 9.55 Å². The van der Waals surface area contributed by atoms with Crippen LogP contribution in [0.2, 0.25) is 0 Å². The van der Waals surface area contributed by atoms with Gasteiger partial charge in [0.15, 0.2) is 0 Å². The highest BCUT2D eigenvalue weighted by atomic mass is 15.0. The fourth-order valence-electron chi connectivity index (χ4n) is 8.26. The summed E-state index contributed by atoms with van der Waals surface area (Å²) < 4.78 is 2.47. The molecule has 0 aliphatic heterocycles. The quantitative estimate of drug-likeness (QED) is 0.164. The van der Waals surface area contributed by atoms with Gasteiger partial charge in [-0.05, 0) is 112 Å². The van der Waals surface area contributed by atoms with Gasteiger partial charge in [-0.1, -0.05) is 146 Å². The van der Waals surface area contributed by atoms with Gasteiger partial charge in [-0.3, -0.25) is 0 Å². The summed E-state index contributed by atoms with van der Waals surface area (Å²) in [5.74, 6) is 0. The summed E-state index contributed by atoms with van der Waals surface area (Å²) in [5, 5.41) is 11.1. The Balaban J connectivity index is 1.21. The lowest BCUT2D eigenvalue weighted by atomic mass is 9.96. The van der Waals surface area contributed by atoms with Crippen LogP contribution in [0, 0.1) is 11.3 Å². The van der Waals surface area contributed by atoms with E-state index in [0.29, 0.717) is 5.56 Å². The SMILES string of the molecule is N#Cc1cccc(-c2cc(-c3cc(-c4ccccc4)cc(-c4ccccc4)n3)cc(-n3c4c(c5ccc(-c6cccc(-c7ccccc7)c6)cc53)C=CCC4)c2)c1. The molecule has 9 aromatic rings. The van der Waals surface area contributed by atoms with Crippen LogP contribution in [0.5, 0.6) is 0 Å². The van der Waals surface area contributed by atoms with E-state index in [0.717, 1.165) is 63.3 Å². The van der Waals surface area contributed by atoms with Gasteiger partial charge in [0.1, 0.15) is 0 Å². The molecule has 0 amide bonds. The van der Waals surface area contributed by atoms with Gasteiger partial charge in [0, 0.05) is 33.5 Å². The van der Waals surface area contributed by atoms with Gasteiger partial charge < -0.3 is 4.57 Å². The van der Waals surface area contributed by atoms with Crippen molar-refractivity contribution in [3.63, 3.8) is 0 Å². The number of hydrogen-bond acceptors (Lipinski definition) is 2. The van der Waals surface area contributed by atoms with Gasteiger partial charge >= 0.3 is 0 Å². The van der Waals surface area contributed by atoms with Crippen molar-refractivity contribution in [2.45, 2.75) is 12.8 Å². The standard InChI is InChI=1S/C54H37N3/c55-36-37-14-12-21-41(28-37)45-30-47(52-34-46(39-17-6-2-7-18-39)33-51(56-52)40-19-8-3-9-20-40)32-48(31-45)57-53-25-11-10-24-49(53)50-27-26-44(35-54(50)57)43-23-13-22-42(29-43)38-15-4-1-5-16-38/h1-10,12-24,26-35H,11,25H2. The summed E-state index contributed by atoms with van der Waals surface area (Å²) in [6.45, 7) is 0. The van der Waals surface area contributed by atoms with Crippen LogP contribution in [0.25, 0.3) is 89.7 Å². The summed E-state index contributed by atoms with van der Waals surface area (Å²) >= 11 is 0.